The lowest BCUT2D eigenvalue weighted by atomic mass is 9.82. The number of halogens is 1. The van der Waals surface area contributed by atoms with Crippen molar-refractivity contribution < 1.29 is 9.18 Å². The Morgan fingerprint density at radius 3 is 2.47 bits per heavy atom. The molecule has 2 heterocycles. The highest BCUT2D eigenvalue weighted by Crippen LogP contribution is 2.35. The zero-order valence-electron chi connectivity index (χ0n) is 19.4. The fourth-order valence-electron chi connectivity index (χ4n) is 5.39. The van der Waals surface area contributed by atoms with Crippen LogP contribution in [0.25, 0.3) is 0 Å². The van der Waals surface area contributed by atoms with Crippen LogP contribution in [0.1, 0.15) is 64.7 Å². The van der Waals surface area contributed by atoms with E-state index in [-0.39, 0.29) is 11.7 Å². The van der Waals surface area contributed by atoms with Gasteiger partial charge in [-0.2, -0.15) is 4.39 Å². The molecular formula is C24H39FN6O. The third-order valence-electron chi connectivity index (χ3n) is 7.79. The lowest BCUT2D eigenvalue weighted by molar-refractivity contribution is -0.119. The molecule has 1 saturated heterocycles. The van der Waals surface area contributed by atoms with Gasteiger partial charge in [-0.25, -0.2) is 9.97 Å². The minimum atomic E-state index is -0.310. The number of piperidine rings is 1. The number of hydrogen-bond acceptors (Lipinski definition) is 6. The van der Waals surface area contributed by atoms with Gasteiger partial charge in [-0.15, -0.1) is 0 Å². The Kier molecular flexibility index (Phi) is 7.81. The van der Waals surface area contributed by atoms with Crippen molar-refractivity contribution in [3.8, 4) is 0 Å². The minimum absolute atomic E-state index is 0.282. The van der Waals surface area contributed by atoms with E-state index in [2.05, 4.69) is 32.0 Å². The van der Waals surface area contributed by atoms with Crippen molar-refractivity contribution >= 4 is 17.5 Å². The number of likely N-dealkylation sites (tertiary alicyclic amines) is 1. The van der Waals surface area contributed by atoms with Crippen molar-refractivity contribution in [3.05, 3.63) is 12.1 Å². The molecule has 3 fully saturated rings. The SMILES string of the molecule is C[C@H]1CC[C@H](CN(c2ncnc(NCC3CCN(CC(N)=O)CC3)c2F)C2CCC2)CC1. The molecule has 1 aromatic rings. The first kappa shape index (κ1) is 23.2. The van der Waals surface area contributed by atoms with E-state index in [1.54, 1.807) is 0 Å². The van der Waals surface area contributed by atoms with Crippen LogP contribution in [-0.2, 0) is 4.79 Å². The lowest BCUT2D eigenvalue weighted by Gasteiger charge is -2.41. The summed E-state index contributed by atoms with van der Waals surface area (Å²) in [7, 11) is 0. The van der Waals surface area contributed by atoms with Crippen LogP contribution in [-0.4, -0.2) is 59.5 Å². The predicted molar refractivity (Wildman–Crippen MR) is 125 cm³/mol. The number of carbonyl (C=O) groups is 1. The molecule has 3 aliphatic rings. The van der Waals surface area contributed by atoms with Crippen LogP contribution in [0, 0.1) is 23.6 Å². The molecule has 1 aromatic heterocycles. The number of nitrogens with one attached hydrogen (secondary N) is 1. The fraction of sp³-hybridized carbons (Fsp3) is 0.792. The summed E-state index contributed by atoms with van der Waals surface area (Å²) in [6.45, 7) is 5.94. The molecule has 0 spiro atoms. The van der Waals surface area contributed by atoms with E-state index >= 15 is 4.39 Å². The van der Waals surface area contributed by atoms with Crippen molar-refractivity contribution in [1.82, 2.24) is 14.9 Å². The second-order valence-corrected chi connectivity index (χ2v) is 10.3. The lowest BCUT2D eigenvalue weighted by Crippen LogP contribution is -2.44. The first-order valence-electron chi connectivity index (χ1n) is 12.5. The van der Waals surface area contributed by atoms with Crippen LogP contribution >= 0.6 is 0 Å². The van der Waals surface area contributed by atoms with Crippen LogP contribution in [0.2, 0.25) is 0 Å². The monoisotopic (exact) mass is 446 g/mol. The van der Waals surface area contributed by atoms with Crippen LogP contribution in [0.4, 0.5) is 16.0 Å². The number of anilines is 2. The Hall–Kier alpha value is -1.96. The summed E-state index contributed by atoms with van der Waals surface area (Å²) >= 11 is 0. The molecule has 3 N–H and O–H groups in total. The summed E-state index contributed by atoms with van der Waals surface area (Å²) < 4.78 is 15.5. The molecule has 0 atom stereocenters. The van der Waals surface area contributed by atoms with Gasteiger partial charge in [0.15, 0.2) is 11.6 Å². The van der Waals surface area contributed by atoms with Gasteiger partial charge in [0.1, 0.15) is 6.33 Å². The molecule has 32 heavy (non-hydrogen) atoms. The van der Waals surface area contributed by atoms with Gasteiger partial charge in [0.2, 0.25) is 11.7 Å². The molecule has 2 aliphatic carbocycles. The number of hydrogen-bond donors (Lipinski definition) is 2. The molecule has 0 radical (unpaired) electrons. The van der Waals surface area contributed by atoms with Gasteiger partial charge >= 0.3 is 0 Å². The molecule has 8 heteroatoms. The molecule has 0 unspecified atom stereocenters. The third-order valence-corrected chi connectivity index (χ3v) is 7.79. The van der Waals surface area contributed by atoms with E-state index in [4.69, 9.17) is 5.73 Å². The number of amides is 1. The smallest absolute Gasteiger partial charge is 0.231 e. The van der Waals surface area contributed by atoms with Gasteiger partial charge in [0.25, 0.3) is 0 Å². The zero-order chi connectivity index (χ0) is 22.5. The molecule has 178 valence electrons. The Balaban J connectivity index is 1.36. The highest BCUT2D eigenvalue weighted by molar-refractivity contribution is 5.75. The average Bonchev–Trinajstić information content (AvgIpc) is 2.73. The zero-order valence-corrected chi connectivity index (χ0v) is 19.4. The molecule has 0 bridgehead atoms. The topological polar surface area (TPSA) is 87.4 Å². The number of nitrogens with two attached hydrogens (primary N) is 1. The molecule has 1 aliphatic heterocycles. The molecule has 4 rings (SSSR count). The standard InChI is InChI=1S/C24H39FN6O/c1-17-5-7-19(8-6-17)14-31(20-3-2-4-20)24-22(25)23(28-16-29-24)27-13-18-9-11-30(12-10-18)15-21(26)32/h16-20H,2-15H2,1H3,(H2,26,32)(H,27,28,29)/t17-,19-. The van der Waals surface area contributed by atoms with Gasteiger partial charge in [-0.05, 0) is 75.8 Å². The van der Waals surface area contributed by atoms with Gasteiger partial charge in [-0.3, -0.25) is 9.69 Å². The Bertz CT molecular complexity index is 757. The van der Waals surface area contributed by atoms with E-state index < -0.39 is 0 Å². The first-order chi connectivity index (χ1) is 15.5. The number of carbonyl (C=O) groups excluding carboxylic acids is 1. The van der Waals surface area contributed by atoms with E-state index in [0.29, 0.717) is 42.6 Å². The number of aromatic nitrogens is 2. The maximum Gasteiger partial charge on any atom is 0.231 e. The second-order valence-electron chi connectivity index (χ2n) is 10.3. The Morgan fingerprint density at radius 2 is 1.84 bits per heavy atom. The molecular weight excluding hydrogens is 407 g/mol. The van der Waals surface area contributed by atoms with Crippen LogP contribution < -0.4 is 16.0 Å². The van der Waals surface area contributed by atoms with Crippen molar-refractivity contribution in [1.29, 1.82) is 0 Å². The largest absolute Gasteiger partial charge is 0.369 e. The van der Waals surface area contributed by atoms with E-state index in [0.717, 1.165) is 51.2 Å². The summed E-state index contributed by atoms with van der Waals surface area (Å²) in [4.78, 5) is 24.1. The Labute approximate surface area is 191 Å². The summed E-state index contributed by atoms with van der Waals surface area (Å²) in [5.41, 5.74) is 5.30. The molecule has 2 saturated carbocycles. The van der Waals surface area contributed by atoms with Crippen molar-refractivity contribution in [3.63, 3.8) is 0 Å². The molecule has 0 aromatic carbocycles. The van der Waals surface area contributed by atoms with Crippen LogP contribution in [0.5, 0.6) is 0 Å². The van der Waals surface area contributed by atoms with Crippen molar-refractivity contribution in [2.75, 3.05) is 42.9 Å². The summed E-state index contributed by atoms with van der Waals surface area (Å²) in [5, 5.41) is 3.26. The highest BCUT2D eigenvalue weighted by atomic mass is 19.1. The van der Waals surface area contributed by atoms with Crippen LogP contribution in [0.3, 0.4) is 0 Å². The minimum Gasteiger partial charge on any atom is -0.369 e. The average molecular weight is 447 g/mol. The molecule has 7 nitrogen and oxygen atoms in total. The summed E-state index contributed by atoms with van der Waals surface area (Å²) in [6.07, 6.45) is 11.9. The first-order valence-corrected chi connectivity index (χ1v) is 12.5. The fourth-order valence-corrected chi connectivity index (χ4v) is 5.39. The third kappa shape index (κ3) is 5.88. The predicted octanol–water partition coefficient (Wildman–Crippen LogP) is 3.41. The van der Waals surface area contributed by atoms with Gasteiger partial charge in [0.05, 0.1) is 6.54 Å². The van der Waals surface area contributed by atoms with Crippen LogP contribution in [0.15, 0.2) is 6.33 Å². The van der Waals surface area contributed by atoms with E-state index in [1.165, 1.54) is 38.4 Å². The number of primary amides is 1. The Morgan fingerprint density at radius 1 is 1.12 bits per heavy atom. The van der Waals surface area contributed by atoms with Gasteiger partial charge in [0, 0.05) is 19.1 Å². The summed E-state index contributed by atoms with van der Waals surface area (Å²) in [6, 6.07) is 0.404. The molecule has 1 amide bonds. The van der Waals surface area contributed by atoms with Crippen molar-refractivity contribution in [2.24, 2.45) is 23.5 Å². The quantitative estimate of drug-likeness (QED) is 0.604. The van der Waals surface area contributed by atoms with Crippen molar-refractivity contribution in [2.45, 2.75) is 70.8 Å². The van der Waals surface area contributed by atoms with Gasteiger partial charge in [-0.1, -0.05) is 19.8 Å². The summed E-state index contributed by atoms with van der Waals surface area (Å²) in [5.74, 6) is 2.08. The maximum absolute atomic E-state index is 15.5. The number of rotatable bonds is 9. The highest BCUT2D eigenvalue weighted by Gasteiger charge is 2.32. The maximum atomic E-state index is 15.5. The van der Waals surface area contributed by atoms with Gasteiger partial charge < -0.3 is 16.0 Å². The van der Waals surface area contributed by atoms with E-state index in [1.807, 2.05) is 0 Å². The normalized spacial score (nSPS) is 25.3. The number of nitrogens with zero attached hydrogens (tertiary/aromatic N) is 4. The second kappa shape index (κ2) is 10.8. The van der Waals surface area contributed by atoms with E-state index in [9.17, 15) is 4.79 Å².